The van der Waals surface area contributed by atoms with E-state index in [0.717, 1.165) is 0 Å². The van der Waals surface area contributed by atoms with Crippen molar-refractivity contribution < 1.29 is 23.9 Å². The summed E-state index contributed by atoms with van der Waals surface area (Å²) in [6.45, 7) is 3.05. The van der Waals surface area contributed by atoms with Gasteiger partial charge in [0.2, 0.25) is 0 Å². The fourth-order valence-corrected chi connectivity index (χ4v) is 3.49. The normalized spacial score (nSPS) is 14.1. The molecular formula is C22H24N2O5S. The number of thiol groups is 1. The van der Waals surface area contributed by atoms with Gasteiger partial charge in [-0.3, -0.25) is 9.59 Å². The highest BCUT2D eigenvalue weighted by atomic mass is 32.1. The maximum atomic E-state index is 12.7. The van der Waals surface area contributed by atoms with Gasteiger partial charge in [-0.05, 0) is 56.2 Å². The SMILES string of the molecule is CCOC(=O)Oc1ccc(C(=O)NC2CCN(C(=O)c3ccccc3S)CC2)cc1. The third-order valence-electron chi connectivity index (χ3n) is 4.83. The monoisotopic (exact) mass is 428 g/mol. The summed E-state index contributed by atoms with van der Waals surface area (Å²) in [7, 11) is 0. The number of amides is 2. The van der Waals surface area contributed by atoms with Crippen LogP contribution in [-0.2, 0) is 4.74 Å². The fraction of sp³-hybridized carbons (Fsp3) is 0.318. The molecule has 1 fully saturated rings. The minimum absolute atomic E-state index is 0.0109. The zero-order valence-electron chi connectivity index (χ0n) is 16.7. The van der Waals surface area contributed by atoms with Gasteiger partial charge in [0.15, 0.2) is 0 Å². The molecule has 1 N–H and O–H groups in total. The molecule has 1 saturated heterocycles. The van der Waals surface area contributed by atoms with E-state index in [2.05, 4.69) is 17.9 Å². The first-order valence-corrected chi connectivity index (χ1v) is 10.3. The van der Waals surface area contributed by atoms with E-state index in [1.54, 1.807) is 48.2 Å². The zero-order valence-corrected chi connectivity index (χ0v) is 17.6. The number of ether oxygens (including phenoxy) is 2. The Morgan fingerprint density at radius 1 is 1.07 bits per heavy atom. The summed E-state index contributed by atoms with van der Waals surface area (Å²) >= 11 is 4.36. The molecule has 7 nitrogen and oxygen atoms in total. The molecule has 0 atom stereocenters. The van der Waals surface area contributed by atoms with Crippen LogP contribution in [0.3, 0.4) is 0 Å². The number of rotatable bonds is 5. The summed E-state index contributed by atoms with van der Waals surface area (Å²) in [5.74, 6) is 0.0621. The first-order chi connectivity index (χ1) is 14.5. The van der Waals surface area contributed by atoms with E-state index in [1.807, 2.05) is 12.1 Å². The van der Waals surface area contributed by atoms with Crippen molar-refractivity contribution >= 4 is 30.6 Å². The number of nitrogens with zero attached hydrogens (tertiary/aromatic N) is 1. The molecule has 158 valence electrons. The van der Waals surface area contributed by atoms with Crippen LogP contribution in [0.1, 0.15) is 40.5 Å². The van der Waals surface area contributed by atoms with Crippen LogP contribution in [0.25, 0.3) is 0 Å². The van der Waals surface area contributed by atoms with Gasteiger partial charge >= 0.3 is 6.16 Å². The van der Waals surface area contributed by atoms with Crippen molar-refractivity contribution in [2.75, 3.05) is 19.7 Å². The quantitative estimate of drug-likeness (QED) is 0.432. The largest absolute Gasteiger partial charge is 0.513 e. The Morgan fingerprint density at radius 3 is 2.37 bits per heavy atom. The van der Waals surface area contributed by atoms with Crippen LogP contribution in [0.2, 0.25) is 0 Å². The molecule has 2 amide bonds. The summed E-state index contributed by atoms with van der Waals surface area (Å²) in [5, 5.41) is 3.00. The summed E-state index contributed by atoms with van der Waals surface area (Å²) in [4.78, 5) is 38.9. The molecule has 0 unspecified atom stereocenters. The smallest absolute Gasteiger partial charge is 0.434 e. The second-order valence-electron chi connectivity index (χ2n) is 6.87. The molecule has 0 bridgehead atoms. The molecule has 2 aromatic rings. The Labute approximate surface area is 180 Å². The van der Waals surface area contributed by atoms with E-state index < -0.39 is 6.16 Å². The van der Waals surface area contributed by atoms with Crippen LogP contribution in [-0.4, -0.2) is 48.6 Å². The number of hydrogen-bond acceptors (Lipinski definition) is 6. The number of carbonyl (C=O) groups excluding carboxylic acids is 3. The minimum atomic E-state index is -0.781. The lowest BCUT2D eigenvalue weighted by atomic mass is 10.0. The van der Waals surface area contributed by atoms with Crippen LogP contribution in [0, 0.1) is 0 Å². The Kier molecular flexibility index (Phi) is 7.35. The van der Waals surface area contributed by atoms with Crippen molar-refractivity contribution in [3.8, 4) is 5.75 Å². The molecule has 0 aromatic heterocycles. The van der Waals surface area contributed by atoms with E-state index in [-0.39, 0.29) is 24.5 Å². The van der Waals surface area contributed by atoms with Crippen molar-refractivity contribution in [2.24, 2.45) is 0 Å². The molecule has 0 saturated carbocycles. The highest BCUT2D eigenvalue weighted by Crippen LogP contribution is 2.19. The summed E-state index contributed by atoms with van der Waals surface area (Å²) in [6, 6.07) is 13.5. The fourth-order valence-electron chi connectivity index (χ4n) is 3.24. The summed E-state index contributed by atoms with van der Waals surface area (Å²) in [6.07, 6.45) is 0.573. The van der Waals surface area contributed by atoms with Gasteiger partial charge < -0.3 is 19.7 Å². The number of carbonyl (C=O) groups is 3. The molecule has 1 aliphatic heterocycles. The summed E-state index contributed by atoms with van der Waals surface area (Å²) < 4.78 is 9.69. The van der Waals surface area contributed by atoms with Crippen LogP contribution < -0.4 is 10.1 Å². The predicted octanol–water partition coefficient (Wildman–Crippen LogP) is 3.55. The van der Waals surface area contributed by atoms with Gasteiger partial charge in [-0.1, -0.05) is 12.1 Å². The number of benzene rings is 2. The predicted molar refractivity (Wildman–Crippen MR) is 114 cm³/mol. The molecule has 0 aliphatic carbocycles. The molecule has 0 radical (unpaired) electrons. The topological polar surface area (TPSA) is 84.9 Å². The van der Waals surface area contributed by atoms with Crippen LogP contribution in [0.4, 0.5) is 4.79 Å². The molecule has 1 aliphatic rings. The maximum Gasteiger partial charge on any atom is 0.513 e. The van der Waals surface area contributed by atoms with E-state index in [4.69, 9.17) is 9.47 Å². The van der Waals surface area contributed by atoms with Crippen molar-refractivity contribution in [1.29, 1.82) is 0 Å². The Bertz CT molecular complexity index is 908. The average molecular weight is 429 g/mol. The lowest BCUT2D eigenvalue weighted by molar-refractivity contribution is 0.0694. The maximum absolute atomic E-state index is 12.7. The molecule has 8 heteroatoms. The van der Waals surface area contributed by atoms with Gasteiger partial charge in [0.25, 0.3) is 11.8 Å². The molecule has 3 rings (SSSR count). The Balaban J connectivity index is 1.50. The van der Waals surface area contributed by atoms with Crippen molar-refractivity contribution in [3.63, 3.8) is 0 Å². The second-order valence-corrected chi connectivity index (χ2v) is 7.35. The van der Waals surface area contributed by atoms with Crippen molar-refractivity contribution in [3.05, 3.63) is 59.7 Å². The van der Waals surface area contributed by atoms with E-state index >= 15 is 0 Å². The number of likely N-dealkylation sites (tertiary alicyclic amines) is 1. The van der Waals surface area contributed by atoms with Gasteiger partial charge in [0.1, 0.15) is 5.75 Å². The standard InChI is InChI=1S/C22H24N2O5S/c1-2-28-22(27)29-17-9-7-15(8-10-17)20(25)23-16-11-13-24(14-12-16)21(26)18-5-3-4-6-19(18)30/h3-10,16,30H,2,11-14H2,1H3,(H,23,25). The van der Waals surface area contributed by atoms with Gasteiger partial charge in [-0.2, -0.15) is 0 Å². The molecular weight excluding hydrogens is 404 g/mol. The van der Waals surface area contributed by atoms with Crippen molar-refractivity contribution in [2.45, 2.75) is 30.7 Å². The second kappa shape index (κ2) is 10.2. The highest BCUT2D eigenvalue weighted by molar-refractivity contribution is 7.80. The lowest BCUT2D eigenvalue weighted by Crippen LogP contribution is -2.46. The van der Waals surface area contributed by atoms with Gasteiger partial charge in [0.05, 0.1) is 12.2 Å². The van der Waals surface area contributed by atoms with E-state index in [9.17, 15) is 14.4 Å². The zero-order chi connectivity index (χ0) is 21.5. The van der Waals surface area contributed by atoms with Gasteiger partial charge in [-0.25, -0.2) is 4.79 Å². The Morgan fingerprint density at radius 2 is 1.73 bits per heavy atom. The van der Waals surface area contributed by atoms with Gasteiger partial charge in [-0.15, -0.1) is 12.6 Å². The first-order valence-electron chi connectivity index (χ1n) is 9.80. The van der Waals surface area contributed by atoms with Crippen LogP contribution in [0.15, 0.2) is 53.4 Å². The molecule has 1 heterocycles. The minimum Gasteiger partial charge on any atom is -0.434 e. The third-order valence-corrected chi connectivity index (χ3v) is 5.22. The number of nitrogens with one attached hydrogen (secondary N) is 1. The third kappa shape index (κ3) is 5.54. The van der Waals surface area contributed by atoms with Crippen LogP contribution >= 0.6 is 12.6 Å². The average Bonchev–Trinajstić information content (AvgIpc) is 2.75. The van der Waals surface area contributed by atoms with Gasteiger partial charge in [0, 0.05) is 29.6 Å². The lowest BCUT2D eigenvalue weighted by Gasteiger charge is -2.32. The van der Waals surface area contributed by atoms with E-state index in [1.165, 1.54) is 0 Å². The van der Waals surface area contributed by atoms with E-state index in [0.29, 0.717) is 47.7 Å². The van der Waals surface area contributed by atoms with Crippen molar-refractivity contribution in [1.82, 2.24) is 10.2 Å². The molecule has 30 heavy (non-hydrogen) atoms. The number of piperidine rings is 1. The molecule has 0 spiro atoms. The number of hydrogen-bond donors (Lipinski definition) is 2. The molecule has 2 aromatic carbocycles. The Hall–Kier alpha value is -3.00. The first kappa shape index (κ1) is 21.7. The highest BCUT2D eigenvalue weighted by Gasteiger charge is 2.25. The van der Waals surface area contributed by atoms with Crippen LogP contribution in [0.5, 0.6) is 5.75 Å². The summed E-state index contributed by atoms with van der Waals surface area (Å²) in [5.41, 5.74) is 1.06.